The molecule has 1 atom stereocenters. The zero-order chi connectivity index (χ0) is 13.1. The third-order valence-electron chi connectivity index (χ3n) is 2.08. The summed E-state index contributed by atoms with van der Waals surface area (Å²) in [6.45, 7) is 1.51. The van der Waals surface area contributed by atoms with E-state index in [1.165, 1.54) is 26.1 Å². The fourth-order valence-electron chi connectivity index (χ4n) is 1.25. The summed E-state index contributed by atoms with van der Waals surface area (Å²) in [5.74, 6) is 0. The fourth-order valence-corrected chi connectivity index (χ4v) is 2.45. The Morgan fingerprint density at radius 2 is 2.24 bits per heavy atom. The molecule has 1 unspecified atom stereocenters. The van der Waals surface area contributed by atoms with Gasteiger partial charge in [-0.05, 0) is 19.1 Å². The van der Waals surface area contributed by atoms with E-state index in [1.54, 1.807) is 0 Å². The van der Waals surface area contributed by atoms with Gasteiger partial charge in [-0.2, -0.15) is 9.57 Å². The van der Waals surface area contributed by atoms with Crippen LogP contribution in [0.4, 0.5) is 0 Å². The van der Waals surface area contributed by atoms with Gasteiger partial charge in [-0.1, -0.05) is 0 Å². The Balaban J connectivity index is 3.01. The van der Waals surface area contributed by atoms with Gasteiger partial charge in [0.05, 0.1) is 6.10 Å². The molecule has 1 N–H and O–H groups in total. The Bertz CT molecular complexity index is 517. The summed E-state index contributed by atoms with van der Waals surface area (Å²) in [6, 6.07) is 4.46. The molecule has 17 heavy (non-hydrogen) atoms. The lowest BCUT2D eigenvalue weighted by Crippen LogP contribution is -2.33. The predicted octanol–water partition coefficient (Wildman–Crippen LogP) is -0.0454. The highest BCUT2D eigenvalue weighted by Gasteiger charge is 2.22. The minimum atomic E-state index is -3.66. The molecule has 6 nitrogen and oxygen atoms in total. The van der Waals surface area contributed by atoms with Crippen LogP contribution in [0.2, 0.25) is 0 Å². The van der Waals surface area contributed by atoms with E-state index in [0.29, 0.717) is 0 Å². The normalized spacial score (nSPS) is 13.4. The molecule has 0 aliphatic heterocycles. The molecule has 1 heterocycles. The first-order valence-electron chi connectivity index (χ1n) is 4.88. The number of aliphatic hydroxyl groups is 1. The number of nitriles is 1. The molecular weight excluding hydrogens is 242 g/mol. The SMILES string of the molecule is CC(O)CN(C)S(=O)(=O)c1ccc(C#N)nc1. The van der Waals surface area contributed by atoms with Crippen molar-refractivity contribution >= 4 is 10.0 Å². The van der Waals surface area contributed by atoms with E-state index in [0.717, 1.165) is 10.5 Å². The van der Waals surface area contributed by atoms with Crippen LogP contribution in [0.5, 0.6) is 0 Å². The number of likely N-dealkylation sites (N-methyl/N-ethyl adjacent to an activating group) is 1. The first-order valence-corrected chi connectivity index (χ1v) is 6.32. The van der Waals surface area contributed by atoms with Crippen molar-refractivity contribution in [3.63, 3.8) is 0 Å². The molecule has 1 rings (SSSR count). The summed E-state index contributed by atoms with van der Waals surface area (Å²) in [5.41, 5.74) is 0.155. The van der Waals surface area contributed by atoms with Gasteiger partial charge in [-0.15, -0.1) is 0 Å². The van der Waals surface area contributed by atoms with Gasteiger partial charge in [0.1, 0.15) is 16.7 Å². The Kier molecular flexibility index (Phi) is 4.17. The Morgan fingerprint density at radius 1 is 1.59 bits per heavy atom. The second-order valence-electron chi connectivity index (χ2n) is 3.63. The van der Waals surface area contributed by atoms with Gasteiger partial charge in [0.2, 0.25) is 10.0 Å². The summed E-state index contributed by atoms with van der Waals surface area (Å²) in [4.78, 5) is 3.70. The molecule has 0 radical (unpaired) electrons. The zero-order valence-corrected chi connectivity index (χ0v) is 10.3. The quantitative estimate of drug-likeness (QED) is 0.814. The van der Waals surface area contributed by atoms with Gasteiger partial charge in [0.15, 0.2) is 0 Å². The van der Waals surface area contributed by atoms with Crippen molar-refractivity contribution in [1.29, 1.82) is 5.26 Å². The molecule has 0 aliphatic rings. The van der Waals surface area contributed by atoms with Crippen molar-refractivity contribution in [3.8, 4) is 6.07 Å². The Labute approximate surface area is 100 Å². The number of pyridine rings is 1. The van der Waals surface area contributed by atoms with Crippen molar-refractivity contribution in [2.45, 2.75) is 17.9 Å². The summed E-state index contributed by atoms with van der Waals surface area (Å²) < 4.78 is 25.0. The standard InChI is InChI=1S/C10H13N3O3S/c1-8(14)7-13(2)17(15,16)10-4-3-9(5-11)12-6-10/h3-4,6,8,14H,7H2,1-2H3. The summed E-state index contributed by atoms with van der Waals surface area (Å²) in [6.07, 6.45) is 0.382. The van der Waals surface area contributed by atoms with Crippen LogP contribution in [0.15, 0.2) is 23.2 Å². The maximum absolute atomic E-state index is 12.0. The average Bonchev–Trinajstić information content (AvgIpc) is 2.28. The minimum Gasteiger partial charge on any atom is -0.392 e. The van der Waals surface area contributed by atoms with Gasteiger partial charge in [0.25, 0.3) is 0 Å². The van der Waals surface area contributed by atoms with E-state index in [4.69, 9.17) is 10.4 Å². The van der Waals surface area contributed by atoms with Crippen molar-refractivity contribution in [3.05, 3.63) is 24.0 Å². The Hall–Kier alpha value is -1.49. The summed E-state index contributed by atoms with van der Waals surface area (Å²) >= 11 is 0. The largest absolute Gasteiger partial charge is 0.392 e. The van der Waals surface area contributed by atoms with Crippen LogP contribution in [0.1, 0.15) is 12.6 Å². The Morgan fingerprint density at radius 3 is 2.65 bits per heavy atom. The summed E-state index contributed by atoms with van der Waals surface area (Å²) in [5, 5.41) is 17.7. The van der Waals surface area contributed by atoms with Crippen molar-refractivity contribution < 1.29 is 13.5 Å². The zero-order valence-electron chi connectivity index (χ0n) is 9.53. The number of rotatable bonds is 4. The minimum absolute atomic E-state index is 0.000324. The second-order valence-corrected chi connectivity index (χ2v) is 5.67. The van der Waals surface area contributed by atoms with Crippen LogP contribution >= 0.6 is 0 Å². The summed E-state index contributed by atoms with van der Waals surface area (Å²) in [7, 11) is -2.28. The molecule has 0 saturated heterocycles. The molecule has 1 aromatic heterocycles. The first-order chi connectivity index (χ1) is 7.87. The van der Waals surface area contributed by atoms with Crippen LogP contribution in [-0.4, -0.2) is 42.5 Å². The van der Waals surface area contributed by atoms with E-state index in [-0.39, 0.29) is 17.1 Å². The van der Waals surface area contributed by atoms with E-state index < -0.39 is 16.1 Å². The fraction of sp³-hybridized carbons (Fsp3) is 0.400. The second kappa shape index (κ2) is 5.23. The van der Waals surface area contributed by atoms with Gasteiger partial charge in [-0.3, -0.25) is 0 Å². The lowest BCUT2D eigenvalue weighted by molar-refractivity contribution is 0.171. The number of aliphatic hydroxyl groups excluding tert-OH is 1. The monoisotopic (exact) mass is 255 g/mol. The molecule has 7 heteroatoms. The molecule has 0 aromatic carbocycles. The van der Waals surface area contributed by atoms with Crippen LogP contribution in [0, 0.1) is 11.3 Å². The smallest absolute Gasteiger partial charge is 0.244 e. The van der Waals surface area contributed by atoms with Crippen LogP contribution in [0.3, 0.4) is 0 Å². The average molecular weight is 255 g/mol. The van der Waals surface area contributed by atoms with Crippen molar-refractivity contribution in [2.75, 3.05) is 13.6 Å². The molecule has 0 bridgehead atoms. The predicted molar refractivity (Wildman–Crippen MR) is 60.4 cm³/mol. The van der Waals surface area contributed by atoms with E-state index in [9.17, 15) is 8.42 Å². The van der Waals surface area contributed by atoms with E-state index in [1.807, 2.05) is 6.07 Å². The highest BCUT2D eigenvalue weighted by molar-refractivity contribution is 7.89. The van der Waals surface area contributed by atoms with Gasteiger partial charge in [-0.25, -0.2) is 13.4 Å². The highest BCUT2D eigenvalue weighted by atomic mass is 32.2. The van der Waals surface area contributed by atoms with E-state index in [2.05, 4.69) is 4.98 Å². The number of hydrogen-bond donors (Lipinski definition) is 1. The third-order valence-corrected chi connectivity index (χ3v) is 3.89. The molecule has 1 aromatic rings. The number of hydrogen-bond acceptors (Lipinski definition) is 5. The topological polar surface area (TPSA) is 94.3 Å². The maximum Gasteiger partial charge on any atom is 0.244 e. The van der Waals surface area contributed by atoms with Gasteiger partial charge < -0.3 is 5.11 Å². The molecule has 92 valence electrons. The molecule has 0 saturated carbocycles. The highest BCUT2D eigenvalue weighted by Crippen LogP contribution is 2.13. The first kappa shape index (κ1) is 13.6. The maximum atomic E-state index is 12.0. The molecule has 0 aliphatic carbocycles. The van der Waals surface area contributed by atoms with Gasteiger partial charge >= 0.3 is 0 Å². The lowest BCUT2D eigenvalue weighted by atomic mass is 10.4. The lowest BCUT2D eigenvalue weighted by Gasteiger charge is -2.18. The molecule has 0 fully saturated rings. The van der Waals surface area contributed by atoms with Crippen LogP contribution < -0.4 is 0 Å². The van der Waals surface area contributed by atoms with Crippen LogP contribution in [-0.2, 0) is 10.0 Å². The number of nitrogens with zero attached hydrogens (tertiary/aromatic N) is 3. The third kappa shape index (κ3) is 3.23. The molecule has 0 spiro atoms. The van der Waals surface area contributed by atoms with E-state index >= 15 is 0 Å². The molecule has 0 amide bonds. The molecular formula is C10H13N3O3S. The van der Waals surface area contributed by atoms with Crippen molar-refractivity contribution in [2.24, 2.45) is 0 Å². The van der Waals surface area contributed by atoms with Gasteiger partial charge in [0, 0.05) is 19.8 Å². The number of aromatic nitrogens is 1. The van der Waals surface area contributed by atoms with Crippen LogP contribution in [0.25, 0.3) is 0 Å². The number of sulfonamides is 1. The van der Waals surface area contributed by atoms with Crippen molar-refractivity contribution in [1.82, 2.24) is 9.29 Å².